The van der Waals surface area contributed by atoms with E-state index in [1.807, 2.05) is 25.1 Å². The Hall–Kier alpha value is -1.09. The molecule has 0 amide bonds. The summed E-state index contributed by atoms with van der Waals surface area (Å²) in [6.45, 7) is 1.98. The van der Waals surface area contributed by atoms with E-state index in [2.05, 4.69) is 27.0 Å². The van der Waals surface area contributed by atoms with Crippen molar-refractivity contribution in [3.8, 4) is 5.75 Å². The third-order valence-corrected chi connectivity index (χ3v) is 2.76. The van der Waals surface area contributed by atoms with Crippen LogP contribution in [-0.4, -0.2) is 12.1 Å². The van der Waals surface area contributed by atoms with Gasteiger partial charge in [0.1, 0.15) is 5.75 Å². The highest BCUT2D eigenvalue weighted by Gasteiger charge is 2.03. The number of hydrogen-bond acceptors (Lipinski definition) is 2. The van der Waals surface area contributed by atoms with E-state index in [-0.39, 0.29) is 0 Å². The summed E-state index contributed by atoms with van der Waals surface area (Å²) in [6, 6.07) is 7.94. The minimum Gasteiger partial charge on any atom is -0.497 e. The molecule has 1 aromatic heterocycles. The van der Waals surface area contributed by atoms with E-state index >= 15 is 0 Å². The number of pyridine rings is 1. The molecule has 0 bridgehead atoms. The highest BCUT2D eigenvalue weighted by molar-refractivity contribution is 9.10. The van der Waals surface area contributed by atoms with Crippen molar-refractivity contribution in [1.29, 1.82) is 0 Å². The molecule has 1 heterocycles. The van der Waals surface area contributed by atoms with E-state index in [0.29, 0.717) is 0 Å². The lowest BCUT2D eigenvalue weighted by Crippen LogP contribution is -1.87. The van der Waals surface area contributed by atoms with Crippen molar-refractivity contribution in [2.24, 2.45) is 0 Å². The zero-order valence-electron chi connectivity index (χ0n) is 8.04. The maximum atomic E-state index is 5.17. The SMILES string of the molecule is COc1cc(Br)c2ccc(C)nc2c1. The number of methoxy groups -OCH3 is 1. The first-order chi connectivity index (χ1) is 6.70. The highest BCUT2D eigenvalue weighted by Crippen LogP contribution is 2.28. The van der Waals surface area contributed by atoms with Gasteiger partial charge in [0.05, 0.1) is 12.6 Å². The van der Waals surface area contributed by atoms with Gasteiger partial charge in [-0.1, -0.05) is 0 Å². The molecule has 72 valence electrons. The first-order valence-corrected chi connectivity index (χ1v) is 5.11. The van der Waals surface area contributed by atoms with E-state index in [9.17, 15) is 0 Å². The molecular formula is C11H10BrNO. The van der Waals surface area contributed by atoms with Gasteiger partial charge in [-0.05, 0) is 41.1 Å². The van der Waals surface area contributed by atoms with Crippen molar-refractivity contribution in [3.05, 3.63) is 34.4 Å². The van der Waals surface area contributed by atoms with E-state index in [0.717, 1.165) is 26.8 Å². The molecule has 0 aliphatic carbocycles. The summed E-state index contributed by atoms with van der Waals surface area (Å²) in [5.74, 6) is 0.822. The van der Waals surface area contributed by atoms with Gasteiger partial charge in [-0.2, -0.15) is 0 Å². The van der Waals surface area contributed by atoms with Crippen molar-refractivity contribution >= 4 is 26.8 Å². The third kappa shape index (κ3) is 1.60. The number of hydrogen-bond donors (Lipinski definition) is 0. The first kappa shape index (κ1) is 9.46. The van der Waals surface area contributed by atoms with Crippen LogP contribution in [0, 0.1) is 6.92 Å². The number of halogens is 1. The molecule has 0 radical (unpaired) electrons. The number of rotatable bonds is 1. The van der Waals surface area contributed by atoms with E-state index in [1.165, 1.54) is 0 Å². The summed E-state index contributed by atoms with van der Waals surface area (Å²) in [4.78, 5) is 4.44. The largest absolute Gasteiger partial charge is 0.497 e. The Bertz CT molecular complexity index is 482. The number of aryl methyl sites for hydroxylation is 1. The van der Waals surface area contributed by atoms with Crippen LogP contribution in [0.3, 0.4) is 0 Å². The zero-order chi connectivity index (χ0) is 10.1. The first-order valence-electron chi connectivity index (χ1n) is 4.31. The Labute approximate surface area is 91.0 Å². The summed E-state index contributed by atoms with van der Waals surface area (Å²) >= 11 is 3.49. The summed E-state index contributed by atoms with van der Waals surface area (Å²) in [7, 11) is 1.66. The molecule has 0 saturated heterocycles. The molecule has 0 aliphatic heterocycles. The molecule has 14 heavy (non-hydrogen) atoms. The fourth-order valence-corrected chi connectivity index (χ4v) is 1.95. The molecule has 0 fully saturated rings. The fraction of sp³-hybridized carbons (Fsp3) is 0.182. The molecule has 3 heteroatoms. The van der Waals surface area contributed by atoms with Crippen molar-refractivity contribution in [2.45, 2.75) is 6.92 Å². The molecule has 2 nitrogen and oxygen atoms in total. The molecule has 0 unspecified atom stereocenters. The zero-order valence-corrected chi connectivity index (χ0v) is 9.63. The Balaban J connectivity index is 2.77. The number of benzene rings is 1. The van der Waals surface area contributed by atoms with E-state index in [1.54, 1.807) is 7.11 Å². The molecule has 0 spiro atoms. The summed E-state index contributed by atoms with van der Waals surface area (Å²) < 4.78 is 6.19. The standard InChI is InChI=1S/C11H10BrNO/c1-7-3-4-9-10(12)5-8(14-2)6-11(9)13-7/h3-6H,1-2H3. The monoisotopic (exact) mass is 251 g/mol. The Morgan fingerprint density at radius 2 is 2.07 bits per heavy atom. The van der Waals surface area contributed by atoms with Gasteiger partial charge >= 0.3 is 0 Å². The number of nitrogens with zero attached hydrogens (tertiary/aromatic N) is 1. The van der Waals surface area contributed by atoms with Crippen molar-refractivity contribution in [1.82, 2.24) is 4.98 Å². The Morgan fingerprint density at radius 1 is 1.29 bits per heavy atom. The van der Waals surface area contributed by atoms with Gasteiger partial charge in [-0.3, -0.25) is 4.98 Å². The van der Waals surface area contributed by atoms with Crippen molar-refractivity contribution in [3.63, 3.8) is 0 Å². The maximum absolute atomic E-state index is 5.17. The minimum atomic E-state index is 0.822. The second-order valence-electron chi connectivity index (χ2n) is 3.13. The topological polar surface area (TPSA) is 22.1 Å². The fourth-order valence-electron chi connectivity index (χ4n) is 1.39. The summed E-state index contributed by atoms with van der Waals surface area (Å²) in [5.41, 5.74) is 1.97. The van der Waals surface area contributed by atoms with Gasteiger partial charge in [0, 0.05) is 21.6 Å². The van der Waals surface area contributed by atoms with Crippen LogP contribution in [0.15, 0.2) is 28.7 Å². The van der Waals surface area contributed by atoms with Crippen LogP contribution in [0.2, 0.25) is 0 Å². The van der Waals surface area contributed by atoms with Crippen LogP contribution < -0.4 is 4.74 Å². The minimum absolute atomic E-state index is 0.822. The second kappa shape index (κ2) is 3.58. The average Bonchev–Trinajstić information content (AvgIpc) is 2.16. The number of aromatic nitrogens is 1. The van der Waals surface area contributed by atoms with Gasteiger partial charge in [0.2, 0.25) is 0 Å². The van der Waals surface area contributed by atoms with Crippen LogP contribution in [0.1, 0.15) is 5.69 Å². The quantitative estimate of drug-likeness (QED) is 0.776. The van der Waals surface area contributed by atoms with Crippen LogP contribution in [0.25, 0.3) is 10.9 Å². The lowest BCUT2D eigenvalue weighted by atomic mass is 10.2. The van der Waals surface area contributed by atoms with Crippen LogP contribution in [0.4, 0.5) is 0 Å². The molecule has 0 aliphatic rings. The lowest BCUT2D eigenvalue weighted by molar-refractivity contribution is 0.415. The van der Waals surface area contributed by atoms with Crippen LogP contribution in [0.5, 0.6) is 5.75 Å². The molecule has 0 saturated carbocycles. The molecular weight excluding hydrogens is 242 g/mol. The summed E-state index contributed by atoms with van der Waals surface area (Å²) in [6.07, 6.45) is 0. The predicted octanol–water partition coefficient (Wildman–Crippen LogP) is 3.31. The van der Waals surface area contributed by atoms with Crippen LogP contribution in [-0.2, 0) is 0 Å². The van der Waals surface area contributed by atoms with E-state index < -0.39 is 0 Å². The second-order valence-corrected chi connectivity index (χ2v) is 3.98. The Kier molecular flexibility index (Phi) is 2.42. The molecule has 0 N–H and O–H groups in total. The van der Waals surface area contributed by atoms with Crippen molar-refractivity contribution in [2.75, 3.05) is 7.11 Å². The maximum Gasteiger partial charge on any atom is 0.122 e. The van der Waals surface area contributed by atoms with Crippen LogP contribution >= 0.6 is 15.9 Å². The van der Waals surface area contributed by atoms with Gasteiger partial charge in [0.25, 0.3) is 0 Å². The van der Waals surface area contributed by atoms with Crippen molar-refractivity contribution < 1.29 is 4.74 Å². The average molecular weight is 252 g/mol. The molecule has 2 aromatic rings. The normalized spacial score (nSPS) is 10.5. The van der Waals surface area contributed by atoms with E-state index in [4.69, 9.17) is 4.74 Å². The Morgan fingerprint density at radius 3 is 2.79 bits per heavy atom. The number of fused-ring (bicyclic) bond motifs is 1. The molecule has 2 rings (SSSR count). The smallest absolute Gasteiger partial charge is 0.122 e. The number of ether oxygens (including phenoxy) is 1. The predicted molar refractivity (Wildman–Crippen MR) is 60.7 cm³/mol. The third-order valence-electron chi connectivity index (χ3n) is 2.10. The van der Waals surface area contributed by atoms with Gasteiger partial charge in [-0.25, -0.2) is 0 Å². The van der Waals surface area contributed by atoms with Gasteiger partial charge < -0.3 is 4.74 Å². The lowest BCUT2D eigenvalue weighted by Gasteiger charge is -2.05. The summed E-state index contributed by atoms with van der Waals surface area (Å²) in [5, 5.41) is 1.11. The molecule has 0 atom stereocenters. The molecule has 1 aromatic carbocycles. The van der Waals surface area contributed by atoms with Gasteiger partial charge in [0.15, 0.2) is 0 Å². The highest BCUT2D eigenvalue weighted by atomic mass is 79.9. The van der Waals surface area contributed by atoms with Gasteiger partial charge in [-0.15, -0.1) is 0 Å².